The van der Waals surface area contributed by atoms with Gasteiger partial charge < -0.3 is 10.4 Å². The molecule has 2 N–H and O–H groups in total. The number of rotatable bonds is 6. The van der Waals surface area contributed by atoms with Crippen molar-refractivity contribution in [3.8, 4) is 0 Å². The lowest BCUT2D eigenvalue weighted by Gasteiger charge is -2.29. The summed E-state index contributed by atoms with van der Waals surface area (Å²) >= 11 is 0. The second-order valence-corrected chi connectivity index (χ2v) is 5.71. The summed E-state index contributed by atoms with van der Waals surface area (Å²) in [5, 5.41) is 12.9. The highest BCUT2D eigenvalue weighted by atomic mass is 16.3. The molecule has 0 spiro atoms. The highest BCUT2D eigenvalue weighted by Gasteiger charge is 2.20. The molecule has 1 fully saturated rings. The summed E-state index contributed by atoms with van der Waals surface area (Å²) in [4.78, 5) is 0. The lowest BCUT2D eigenvalue weighted by atomic mass is 9.83. The van der Waals surface area contributed by atoms with Gasteiger partial charge in [0.05, 0.1) is 6.61 Å². The van der Waals surface area contributed by atoms with E-state index in [9.17, 15) is 5.11 Å². The van der Waals surface area contributed by atoms with Crippen LogP contribution in [0, 0.1) is 17.8 Å². The van der Waals surface area contributed by atoms with Crippen molar-refractivity contribution in [1.29, 1.82) is 0 Å². The Balaban J connectivity index is 2.22. The van der Waals surface area contributed by atoms with Crippen LogP contribution in [-0.2, 0) is 0 Å². The molecule has 0 aromatic carbocycles. The normalized spacial score (nSPS) is 30.0. The molecule has 2 atom stereocenters. The molecule has 0 heterocycles. The van der Waals surface area contributed by atoms with Crippen LogP contribution in [0.1, 0.15) is 52.9 Å². The highest BCUT2D eigenvalue weighted by Crippen LogP contribution is 2.27. The summed E-state index contributed by atoms with van der Waals surface area (Å²) in [5.41, 5.74) is 0. The summed E-state index contributed by atoms with van der Waals surface area (Å²) in [6, 6.07) is 0.296. The molecule has 0 saturated heterocycles. The fourth-order valence-electron chi connectivity index (χ4n) is 2.58. The fraction of sp³-hybridized carbons (Fsp3) is 1.00. The van der Waals surface area contributed by atoms with Crippen molar-refractivity contribution in [2.24, 2.45) is 17.8 Å². The van der Waals surface area contributed by atoms with Crippen LogP contribution in [0.2, 0.25) is 0 Å². The maximum absolute atomic E-state index is 9.34. The zero-order valence-electron chi connectivity index (χ0n) is 11.2. The van der Waals surface area contributed by atoms with Crippen LogP contribution in [0.25, 0.3) is 0 Å². The van der Waals surface area contributed by atoms with Gasteiger partial charge >= 0.3 is 0 Å². The minimum atomic E-state index is 0.276. The Kier molecular flexibility index (Phi) is 6.37. The van der Waals surface area contributed by atoms with Crippen molar-refractivity contribution in [3.63, 3.8) is 0 Å². The lowest BCUT2D eigenvalue weighted by molar-refractivity contribution is 0.187. The average Bonchev–Trinajstić information content (AvgIpc) is 2.31. The summed E-state index contributed by atoms with van der Waals surface area (Å²) in [5.74, 6) is 2.35. The van der Waals surface area contributed by atoms with Gasteiger partial charge in [0, 0.05) is 6.04 Å². The lowest BCUT2D eigenvalue weighted by Crippen LogP contribution is -2.41. The molecule has 1 saturated carbocycles. The Morgan fingerprint density at radius 1 is 1.25 bits per heavy atom. The van der Waals surface area contributed by atoms with Gasteiger partial charge in [0.1, 0.15) is 0 Å². The molecule has 1 rings (SSSR count). The molecule has 1 aliphatic carbocycles. The summed E-state index contributed by atoms with van der Waals surface area (Å²) in [6.45, 7) is 8.15. The molecule has 2 unspecified atom stereocenters. The first-order chi connectivity index (χ1) is 7.67. The van der Waals surface area contributed by atoms with Gasteiger partial charge in [-0.2, -0.15) is 0 Å². The van der Waals surface area contributed by atoms with Gasteiger partial charge in [0.2, 0.25) is 0 Å². The maximum Gasteiger partial charge on any atom is 0.0587 e. The summed E-state index contributed by atoms with van der Waals surface area (Å²) in [6.07, 6.45) is 6.65. The molecule has 0 aromatic rings. The molecule has 2 heteroatoms. The van der Waals surface area contributed by atoms with Gasteiger partial charge in [0.15, 0.2) is 0 Å². The fourth-order valence-corrected chi connectivity index (χ4v) is 2.58. The van der Waals surface area contributed by atoms with E-state index in [1.807, 2.05) is 0 Å². The minimum absolute atomic E-state index is 0.276. The van der Waals surface area contributed by atoms with Crippen LogP contribution in [-0.4, -0.2) is 24.3 Å². The molecule has 0 aliphatic heterocycles. The Morgan fingerprint density at radius 2 is 1.88 bits per heavy atom. The zero-order chi connectivity index (χ0) is 12.0. The van der Waals surface area contributed by atoms with Crippen LogP contribution >= 0.6 is 0 Å². The van der Waals surface area contributed by atoms with Crippen molar-refractivity contribution in [2.45, 2.75) is 58.9 Å². The predicted molar refractivity (Wildman–Crippen MR) is 69.5 cm³/mol. The Hall–Kier alpha value is -0.0800. The largest absolute Gasteiger partial charge is 0.395 e. The van der Waals surface area contributed by atoms with Crippen LogP contribution in [0.4, 0.5) is 0 Å². The molecular formula is C14H29NO. The number of aliphatic hydroxyl groups excluding tert-OH is 1. The Morgan fingerprint density at radius 3 is 2.38 bits per heavy atom. The highest BCUT2D eigenvalue weighted by molar-refractivity contribution is 4.76. The third-order valence-corrected chi connectivity index (χ3v) is 4.33. The van der Waals surface area contributed by atoms with Gasteiger partial charge in [0.25, 0.3) is 0 Å². The number of hydrogen-bond donors (Lipinski definition) is 2. The topological polar surface area (TPSA) is 32.3 Å². The van der Waals surface area contributed by atoms with E-state index in [0.717, 1.165) is 24.8 Å². The summed E-state index contributed by atoms with van der Waals surface area (Å²) in [7, 11) is 0. The molecule has 0 radical (unpaired) electrons. The van der Waals surface area contributed by atoms with E-state index in [1.54, 1.807) is 0 Å². The third-order valence-electron chi connectivity index (χ3n) is 4.33. The maximum atomic E-state index is 9.34. The molecule has 96 valence electrons. The quantitative estimate of drug-likeness (QED) is 0.731. The van der Waals surface area contributed by atoms with Gasteiger partial charge in [-0.15, -0.1) is 0 Å². The summed E-state index contributed by atoms with van der Waals surface area (Å²) < 4.78 is 0. The van der Waals surface area contributed by atoms with Crippen LogP contribution in [0.15, 0.2) is 0 Å². The Bertz CT molecular complexity index is 176. The second-order valence-electron chi connectivity index (χ2n) is 5.71. The van der Waals surface area contributed by atoms with E-state index >= 15 is 0 Å². The van der Waals surface area contributed by atoms with Crippen molar-refractivity contribution >= 4 is 0 Å². The van der Waals surface area contributed by atoms with Gasteiger partial charge in [-0.3, -0.25) is 0 Å². The molecule has 1 aliphatic rings. The van der Waals surface area contributed by atoms with Crippen LogP contribution < -0.4 is 5.32 Å². The average molecular weight is 227 g/mol. The smallest absolute Gasteiger partial charge is 0.0587 e. The molecule has 2 nitrogen and oxygen atoms in total. The third kappa shape index (κ3) is 4.42. The van der Waals surface area contributed by atoms with E-state index < -0.39 is 0 Å². The van der Waals surface area contributed by atoms with E-state index in [4.69, 9.17) is 0 Å². The molecule has 0 bridgehead atoms. The van der Waals surface area contributed by atoms with E-state index in [1.165, 1.54) is 25.7 Å². The zero-order valence-corrected chi connectivity index (χ0v) is 11.2. The first kappa shape index (κ1) is 14.0. The van der Waals surface area contributed by atoms with Gasteiger partial charge in [-0.05, 0) is 37.1 Å². The van der Waals surface area contributed by atoms with Crippen molar-refractivity contribution in [2.75, 3.05) is 13.2 Å². The van der Waals surface area contributed by atoms with Crippen molar-refractivity contribution < 1.29 is 5.11 Å². The number of aliphatic hydroxyl groups is 1. The molecule has 0 amide bonds. The van der Waals surface area contributed by atoms with E-state index in [-0.39, 0.29) is 6.61 Å². The standard InChI is InChI=1S/C14H29NO/c1-4-12(3)14(10-16)15-9-13-7-5-11(2)6-8-13/h11-16H,4-10H2,1-3H3. The second kappa shape index (κ2) is 7.29. The SMILES string of the molecule is CCC(C)C(CO)NCC1CCC(C)CC1. The minimum Gasteiger partial charge on any atom is -0.395 e. The van der Waals surface area contributed by atoms with Gasteiger partial charge in [-0.1, -0.05) is 40.0 Å². The number of nitrogens with one attached hydrogen (secondary N) is 1. The monoisotopic (exact) mass is 227 g/mol. The molecule has 16 heavy (non-hydrogen) atoms. The number of hydrogen-bond acceptors (Lipinski definition) is 2. The predicted octanol–water partition coefficient (Wildman–Crippen LogP) is 2.81. The van der Waals surface area contributed by atoms with Crippen molar-refractivity contribution in [1.82, 2.24) is 5.32 Å². The van der Waals surface area contributed by atoms with E-state index in [2.05, 4.69) is 26.1 Å². The first-order valence-corrected chi connectivity index (χ1v) is 7.01. The molecule has 0 aromatic heterocycles. The van der Waals surface area contributed by atoms with E-state index in [0.29, 0.717) is 12.0 Å². The first-order valence-electron chi connectivity index (χ1n) is 7.01. The van der Waals surface area contributed by atoms with Gasteiger partial charge in [-0.25, -0.2) is 0 Å². The van der Waals surface area contributed by atoms with Crippen molar-refractivity contribution in [3.05, 3.63) is 0 Å². The Labute approximate surface area is 101 Å². The van der Waals surface area contributed by atoms with Crippen LogP contribution in [0.3, 0.4) is 0 Å². The molecular weight excluding hydrogens is 198 g/mol. The van der Waals surface area contributed by atoms with Crippen LogP contribution in [0.5, 0.6) is 0 Å².